The van der Waals surface area contributed by atoms with Crippen molar-refractivity contribution < 1.29 is 18.7 Å². The molecule has 162 valence electrons. The van der Waals surface area contributed by atoms with Gasteiger partial charge in [0, 0.05) is 43.8 Å². The average molecular weight is 445 g/mol. The fourth-order valence-corrected chi connectivity index (χ4v) is 4.22. The van der Waals surface area contributed by atoms with Crippen molar-refractivity contribution in [1.29, 1.82) is 0 Å². The molecule has 2 aromatic heterocycles. The largest absolute Gasteiger partial charge is 0.477 e. The summed E-state index contributed by atoms with van der Waals surface area (Å²) in [6.07, 6.45) is 3.21. The molecule has 31 heavy (non-hydrogen) atoms. The molecule has 11 heteroatoms. The van der Waals surface area contributed by atoms with Crippen molar-refractivity contribution >= 4 is 34.8 Å². The standard InChI is InChI=1S/C20H20FN5O4S/c21-14-7-12-15(26(11-1-2-11)9-13(18(12)27)19(28)29)8-16(14)25-5-3-24(4-6-25)10-17-22-23-20(31)30-17/h7-9,11H,1-6,10H2,(H,23,31)(H,28,29). The highest BCUT2D eigenvalue weighted by Crippen LogP contribution is 2.38. The first-order chi connectivity index (χ1) is 14.9. The van der Waals surface area contributed by atoms with Gasteiger partial charge in [-0.25, -0.2) is 14.3 Å². The van der Waals surface area contributed by atoms with Gasteiger partial charge < -0.3 is 19.0 Å². The lowest BCUT2D eigenvalue weighted by Gasteiger charge is -2.35. The number of nitrogens with zero attached hydrogens (tertiary/aromatic N) is 4. The Labute approximate surface area is 180 Å². The van der Waals surface area contributed by atoms with Gasteiger partial charge in [-0.15, -0.1) is 5.10 Å². The van der Waals surface area contributed by atoms with Crippen LogP contribution in [0.4, 0.5) is 10.1 Å². The van der Waals surface area contributed by atoms with Crippen molar-refractivity contribution in [2.45, 2.75) is 25.4 Å². The van der Waals surface area contributed by atoms with E-state index in [9.17, 15) is 14.7 Å². The maximum atomic E-state index is 15.0. The van der Waals surface area contributed by atoms with Gasteiger partial charge in [0.25, 0.3) is 4.84 Å². The highest BCUT2D eigenvalue weighted by atomic mass is 32.1. The van der Waals surface area contributed by atoms with Gasteiger partial charge in [0.1, 0.15) is 11.4 Å². The van der Waals surface area contributed by atoms with E-state index in [1.54, 1.807) is 6.07 Å². The van der Waals surface area contributed by atoms with Crippen LogP contribution in [-0.4, -0.2) is 56.9 Å². The lowest BCUT2D eigenvalue weighted by molar-refractivity contribution is 0.0695. The summed E-state index contributed by atoms with van der Waals surface area (Å²) in [6.45, 7) is 3.06. The summed E-state index contributed by atoms with van der Waals surface area (Å²) >= 11 is 4.89. The third kappa shape index (κ3) is 3.74. The van der Waals surface area contributed by atoms with Crippen LogP contribution in [-0.2, 0) is 6.54 Å². The molecule has 0 spiro atoms. The van der Waals surface area contributed by atoms with E-state index < -0.39 is 17.2 Å². The lowest BCUT2D eigenvalue weighted by Crippen LogP contribution is -2.46. The zero-order valence-corrected chi connectivity index (χ0v) is 17.3. The molecule has 0 unspecified atom stereocenters. The molecule has 3 aromatic rings. The highest BCUT2D eigenvalue weighted by Gasteiger charge is 2.28. The number of hydrogen-bond donors (Lipinski definition) is 2. The van der Waals surface area contributed by atoms with E-state index in [1.807, 2.05) is 9.47 Å². The van der Waals surface area contributed by atoms with Gasteiger partial charge in [-0.2, -0.15) is 0 Å². The number of rotatable bonds is 5. The van der Waals surface area contributed by atoms with Crippen LogP contribution < -0.4 is 10.3 Å². The van der Waals surface area contributed by atoms with E-state index in [4.69, 9.17) is 16.6 Å². The van der Waals surface area contributed by atoms with E-state index in [0.29, 0.717) is 49.8 Å². The number of anilines is 1. The third-order valence-electron chi connectivity index (χ3n) is 5.83. The van der Waals surface area contributed by atoms with Crippen molar-refractivity contribution in [3.63, 3.8) is 0 Å². The molecular formula is C20H20FN5O4S. The summed E-state index contributed by atoms with van der Waals surface area (Å²) in [7, 11) is 0. The fraction of sp³-hybridized carbons (Fsp3) is 0.400. The maximum absolute atomic E-state index is 15.0. The minimum Gasteiger partial charge on any atom is -0.477 e. The van der Waals surface area contributed by atoms with Crippen molar-refractivity contribution in [1.82, 2.24) is 19.7 Å². The zero-order chi connectivity index (χ0) is 21.7. The minimum atomic E-state index is -1.30. The Morgan fingerprint density at radius 1 is 1.29 bits per heavy atom. The van der Waals surface area contributed by atoms with Gasteiger partial charge in [0.2, 0.25) is 11.3 Å². The number of H-pyrrole nitrogens is 1. The van der Waals surface area contributed by atoms with E-state index >= 15 is 4.39 Å². The van der Waals surface area contributed by atoms with E-state index in [2.05, 4.69) is 15.1 Å². The normalized spacial score (nSPS) is 17.4. The van der Waals surface area contributed by atoms with Crippen LogP contribution in [0.5, 0.6) is 0 Å². The number of carbonyl (C=O) groups is 1. The number of pyridine rings is 1. The van der Waals surface area contributed by atoms with Crippen LogP contribution >= 0.6 is 12.2 Å². The fourth-order valence-electron chi connectivity index (χ4n) is 4.07. The summed E-state index contributed by atoms with van der Waals surface area (Å²) in [4.78, 5) is 28.4. The van der Waals surface area contributed by atoms with E-state index in [1.165, 1.54) is 12.3 Å². The lowest BCUT2D eigenvalue weighted by atomic mass is 10.1. The first kappa shape index (κ1) is 19.9. The Hall–Kier alpha value is -3.05. The molecular weight excluding hydrogens is 425 g/mol. The summed E-state index contributed by atoms with van der Waals surface area (Å²) in [5.41, 5.74) is 0.00988. The predicted octanol–water partition coefficient (Wildman–Crippen LogP) is 2.54. The second kappa shape index (κ2) is 7.57. The Kier molecular flexibility index (Phi) is 4.86. The van der Waals surface area contributed by atoms with E-state index in [-0.39, 0.29) is 21.8 Å². The number of hydrogen-bond acceptors (Lipinski definition) is 7. The maximum Gasteiger partial charge on any atom is 0.341 e. The number of aromatic nitrogens is 3. The minimum absolute atomic E-state index is 0.103. The van der Waals surface area contributed by atoms with Crippen LogP contribution in [0.25, 0.3) is 10.9 Å². The van der Waals surface area contributed by atoms with Crippen molar-refractivity contribution in [2.75, 3.05) is 31.1 Å². The number of benzene rings is 1. The van der Waals surface area contributed by atoms with Gasteiger partial charge in [0.05, 0.1) is 17.7 Å². The molecule has 1 aliphatic carbocycles. The van der Waals surface area contributed by atoms with Crippen molar-refractivity contribution in [3.8, 4) is 0 Å². The second-order valence-electron chi connectivity index (χ2n) is 7.91. The monoisotopic (exact) mass is 445 g/mol. The summed E-state index contributed by atoms with van der Waals surface area (Å²) in [6, 6.07) is 3.00. The zero-order valence-electron chi connectivity index (χ0n) is 16.5. The molecule has 1 saturated heterocycles. The molecule has 0 atom stereocenters. The molecule has 0 radical (unpaired) electrons. The molecule has 2 aliphatic rings. The van der Waals surface area contributed by atoms with Crippen LogP contribution in [0.2, 0.25) is 0 Å². The molecule has 9 nitrogen and oxygen atoms in total. The number of halogens is 1. The van der Waals surface area contributed by atoms with Crippen LogP contribution in [0, 0.1) is 10.7 Å². The molecule has 0 bridgehead atoms. The van der Waals surface area contributed by atoms with Gasteiger partial charge in [-0.3, -0.25) is 9.69 Å². The Morgan fingerprint density at radius 3 is 2.65 bits per heavy atom. The van der Waals surface area contributed by atoms with Crippen LogP contribution in [0.1, 0.15) is 35.1 Å². The number of carboxylic acid groups (broad SMARTS) is 1. The van der Waals surface area contributed by atoms with Crippen molar-refractivity contribution in [3.05, 3.63) is 50.7 Å². The number of aromatic amines is 1. The summed E-state index contributed by atoms with van der Waals surface area (Å²) in [5.74, 6) is -1.31. The first-order valence-electron chi connectivity index (χ1n) is 10.0. The molecule has 5 rings (SSSR count). The molecule has 1 aliphatic heterocycles. The van der Waals surface area contributed by atoms with E-state index in [0.717, 1.165) is 12.8 Å². The molecule has 2 fully saturated rings. The average Bonchev–Trinajstić information content (AvgIpc) is 3.50. The van der Waals surface area contributed by atoms with Crippen molar-refractivity contribution in [2.24, 2.45) is 0 Å². The third-order valence-corrected chi connectivity index (χ3v) is 6.00. The number of carboxylic acids is 1. The Morgan fingerprint density at radius 2 is 2.03 bits per heavy atom. The highest BCUT2D eigenvalue weighted by molar-refractivity contribution is 7.71. The number of fused-ring (bicyclic) bond motifs is 1. The number of nitrogens with one attached hydrogen (secondary N) is 1. The predicted molar refractivity (Wildman–Crippen MR) is 113 cm³/mol. The Balaban J connectivity index is 1.44. The smallest absolute Gasteiger partial charge is 0.341 e. The summed E-state index contributed by atoms with van der Waals surface area (Å²) in [5, 5.41) is 16.1. The van der Waals surface area contributed by atoms with Gasteiger partial charge >= 0.3 is 5.97 Å². The topological polar surface area (TPSA) is 108 Å². The molecule has 0 amide bonds. The van der Waals surface area contributed by atoms with Crippen LogP contribution in [0.15, 0.2) is 27.5 Å². The number of piperazine rings is 1. The van der Waals surface area contributed by atoms with Gasteiger partial charge in [0.15, 0.2) is 0 Å². The Bertz CT molecular complexity index is 1290. The number of aromatic carboxylic acids is 1. The molecule has 1 aromatic carbocycles. The first-order valence-corrected chi connectivity index (χ1v) is 10.4. The van der Waals surface area contributed by atoms with Gasteiger partial charge in [-0.05, 0) is 37.2 Å². The second-order valence-corrected chi connectivity index (χ2v) is 8.28. The summed E-state index contributed by atoms with van der Waals surface area (Å²) < 4.78 is 22.1. The molecule has 1 saturated carbocycles. The van der Waals surface area contributed by atoms with Gasteiger partial charge in [-0.1, -0.05) is 0 Å². The molecule has 2 N–H and O–H groups in total. The SMILES string of the molecule is O=C(O)c1cn(C2CC2)c2cc(N3CCN(Cc4n[nH]c(=S)o4)CC3)c(F)cc2c1=O. The quantitative estimate of drug-likeness (QED) is 0.577. The van der Waals surface area contributed by atoms with Crippen LogP contribution in [0.3, 0.4) is 0 Å². The molecule has 3 heterocycles.